The van der Waals surface area contributed by atoms with Gasteiger partial charge in [0.15, 0.2) is 0 Å². The summed E-state index contributed by atoms with van der Waals surface area (Å²) in [6.45, 7) is 2.69. The molecule has 1 aliphatic rings. The predicted molar refractivity (Wildman–Crippen MR) is 85.4 cm³/mol. The van der Waals surface area contributed by atoms with Gasteiger partial charge in [-0.3, -0.25) is 0 Å². The third-order valence-corrected chi connectivity index (χ3v) is 5.00. The van der Waals surface area contributed by atoms with Crippen LogP contribution in [-0.4, -0.2) is 12.7 Å². The highest BCUT2D eigenvalue weighted by molar-refractivity contribution is 6.42. The lowest BCUT2D eigenvalue weighted by Gasteiger charge is -2.34. The molecule has 2 unspecified atom stereocenters. The van der Waals surface area contributed by atoms with Gasteiger partial charge in [0.05, 0.1) is 22.2 Å². The maximum atomic E-state index is 6.46. The van der Waals surface area contributed by atoms with Crippen molar-refractivity contribution < 1.29 is 4.74 Å². The van der Waals surface area contributed by atoms with Gasteiger partial charge in [0.1, 0.15) is 0 Å². The van der Waals surface area contributed by atoms with Gasteiger partial charge in [0.25, 0.3) is 0 Å². The van der Waals surface area contributed by atoms with E-state index in [-0.39, 0.29) is 12.1 Å². The monoisotopic (exact) mass is 315 g/mol. The van der Waals surface area contributed by atoms with Crippen molar-refractivity contribution in [2.75, 3.05) is 6.61 Å². The third kappa shape index (κ3) is 3.67. The fourth-order valence-electron chi connectivity index (χ4n) is 3.14. The minimum Gasteiger partial charge on any atom is -0.376 e. The van der Waals surface area contributed by atoms with E-state index in [1.807, 2.05) is 19.1 Å². The van der Waals surface area contributed by atoms with Crippen molar-refractivity contribution in [2.45, 2.75) is 51.2 Å². The van der Waals surface area contributed by atoms with E-state index in [0.717, 1.165) is 5.56 Å². The van der Waals surface area contributed by atoms with Crippen LogP contribution in [0.1, 0.15) is 50.6 Å². The third-order valence-electron chi connectivity index (χ3n) is 4.17. The topological polar surface area (TPSA) is 35.2 Å². The molecule has 1 aromatic rings. The van der Waals surface area contributed by atoms with E-state index in [4.69, 9.17) is 33.7 Å². The number of hydrogen-bond acceptors (Lipinski definition) is 2. The zero-order valence-electron chi connectivity index (χ0n) is 11.9. The number of halogens is 2. The van der Waals surface area contributed by atoms with Crippen LogP contribution >= 0.6 is 23.2 Å². The standard InChI is InChI=1S/C16H23Cl2NO/c1-2-20-16(11-7-4-3-5-8-11)15(19)12-9-6-10-13(17)14(12)18/h6,9-11,15-16H,2-5,7-8,19H2,1H3. The van der Waals surface area contributed by atoms with Crippen LogP contribution in [0.25, 0.3) is 0 Å². The van der Waals surface area contributed by atoms with Crippen molar-refractivity contribution in [1.82, 2.24) is 0 Å². The molecule has 1 aromatic carbocycles. The summed E-state index contributed by atoms with van der Waals surface area (Å²) < 4.78 is 5.97. The Kier molecular flexibility index (Phi) is 6.16. The Morgan fingerprint density at radius 3 is 2.60 bits per heavy atom. The van der Waals surface area contributed by atoms with E-state index in [1.54, 1.807) is 6.07 Å². The van der Waals surface area contributed by atoms with Crippen LogP contribution in [0.5, 0.6) is 0 Å². The van der Waals surface area contributed by atoms with Gasteiger partial charge >= 0.3 is 0 Å². The van der Waals surface area contributed by atoms with Crippen molar-refractivity contribution in [1.29, 1.82) is 0 Å². The summed E-state index contributed by atoms with van der Waals surface area (Å²) in [4.78, 5) is 0. The molecule has 0 heterocycles. The second-order valence-corrected chi connectivity index (χ2v) is 6.27. The van der Waals surface area contributed by atoms with Crippen molar-refractivity contribution >= 4 is 23.2 Å². The molecule has 4 heteroatoms. The molecule has 2 N–H and O–H groups in total. The van der Waals surface area contributed by atoms with Crippen molar-refractivity contribution in [3.63, 3.8) is 0 Å². The van der Waals surface area contributed by atoms with Crippen LogP contribution in [0, 0.1) is 5.92 Å². The smallest absolute Gasteiger partial charge is 0.0796 e. The average Bonchev–Trinajstić information content (AvgIpc) is 2.48. The van der Waals surface area contributed by atoms with Gasteiger partial charge in [0.2, 0.25) is 0 Å². The summed E-state index contributed by atoms with van der Waals surface area (Å²) >= 11 is 12.4. The maximum Gasteiger partial charge on any atom is 0.0796 e. The van der Waals surface area contributed by atoms with E-state index in [2.05, 4.69) is 0 Å². The molecule has 0 aromatic heterocycles. The Balaban J connectivity index is 2.21. The van der Waals surface area contributed by atoms with Gasteiger partial charge in [-0.1, -0.05) is 54.6 Å². The summed E-state index contributed by atoms with van der Waals surface area (Å²) in [5.74, 6) is 0.522. The van der Waals surface area contributed by atoms with Crippen LogP contribution in [0.15, 0.2) is 18.2 Å². The molecule has 1 aliphatic carbocycles. The average molecular weight is 316 g/mol. The van der Waals surface area contributed by atoms with Crippen molar-refractivity contribution in [3.8, 4) is 0 Å². The molecule has 20 heavy (non-hydrogen) atoms. The minimum atomic E-state index is -0.218. The molecule has 112 valence electrons. The first kappa shape index (κ1) is 16.1. The largest absolute Gasteiger partial charge is 0.376 e. The first-order valence-electron chi connectivity index (χ1n) is 7.46. The fraction of sp³-hybridized carbons (Fsp3) is 0.625. The van der Waals surface area contributed by atoms with Gasteiger partial charge in [-0.15, -0.1) is 0 Å². The molecule has 0 spiro atoms. The normalized spacial score (nSPS) is 19.8. The van der Waals surface area contributed by atoms with Gasteiger partial charge in [0, 0.05) is 6.61 Å². The Morgan fingerprint density at radius 1 is 1.25 bits per heavy atom. The van der Waals surface area contributed by atoms with Gasteiger partial charge < -0.3 is 10.5 Å². The lowest BCUT2D eigenvalue weighted by Crippen LogP contribution is -2.37. The van der Waals surface area contributed by atoms with E-state index >= 15 is 0 Å². The zero-order valence-corrected chi connectivity index (χ0v) is 13.5. The zero-order chi connectivity index (χ0) is 14.5. The van der Waals surface area contributed by atoms with Crippen molar-refractivity contribution in [3.05, 3.63) is 33.8 Å². The molecular weight excluding hydrogens is 293 g/mol. The predicted octanol–water partition coefficient (Wildman–Crippen LogP) is 4.98. The highest BCUT2D eigenvalue weighted by Gasteiger charge is 2.31. The summed E-state index contributed by atoms with van der Waals surface area (Å²) in [5.41, 5.74) is 7.35. The number of nitrogens with two attached hydrogens (primary N) is 1. The molecule has 2 rings (SSSR count). The second-order valence-electron chi connectivity index (χ2n) is 5.49. The maximum absolute atomic E-state index is 6.46. The van der Waals surface area contributed by atoms with Gasteiger partial charge in [-0.05, 0) is 37.3 Å². The minimum absolute atomic E-state index is 0.0243. The first-order valence-corrected chi connectivity index (χ1v) is 8.21. The lowest BCUT2D eigenvalue weighted by atomic mass is 9.81. The Hall–Kier alpha value is -0.280. The summed E-state index contributed by atoms with van der Waals surface area (Å²) in [7, 11) is 0. The molecule has 0 radical (unpaired) electrons. The van der Waals surface area contributed by atoms with Gasteiger partial charge in [-0.25, -0.2) is 0 Å². The van der Waals surface area contributed by atoms with E-state index in [0.29, 0.717) is 22.6 Å². The number of benzene rings is 1. The van der Waals surface area contributed by atoms with Crippen LogP contribution < -0.4 is 5.73 Å². The fourth-order valence-corrected chi connectivity index (χ4v) is 3.58. The summed E-state index contributed by atoms with van der Waals surface area (Å²) in [6, 6.07) is 5.42. The molecule has 2 nitrogen and oxygen atoms in total. The SMILES string of the molecule is CCOC(C1CCCCC1)C(N)c1cccc(Cl)c1Cl. The lowest BCUT2D eigenvalue weighted by molar-refractivity contribution is -0.00983. The quantitative estimate of drug-likeness (QED) is 0.831. The highest BCUT2D eigenvalue weighted by atomic mass is 35.5. The van der Waals surface area contributed by atoms with E-state index < -0.39 is 0 Å². The Bertz CT molecular complexity index is 432. The van der Waals surface area contributed by atoms with Crippen LogP contribution in [-0.2, 0) is 4.74 Å². The molecule has 2 atom stereocenters. The molecule has 0 aliphatic heterocycles. The van der Waals surface area contributed by atoms with Crippen LogP contribution in [0.4, 0.5) is 0 Å². The van der Waals surface area contributed by atoms with Gasteiger partial charge in [-0.2, -0.15) is 0 Å². The second kappa shape index (κ2) is 7.65. The molecule has 1 fully saturated rings. The van der Waals surface area contributed by atoms with Crippen LogP contribution in [0.2, 0.25) is 10.0 Å². The molecular formula is C16H23Cl2NO. The van der Waals surface area contributed by atoms with Crippen LogP contribution in [0.3, 0.4) is 0 Å². The summed E-state index contributed by atoms with van der Waals surface area (Å²) in [6.07, 6.45) is 6.26. The Labute approximate surface area is 131 Å². The summed E-state index contributed by atoms with van der Waals surface area (Å²) in [5, 5.41) is 1.11. The van der Waals surface area contributed by atoms with E-state index in [9.17, 15) is 0 Å². The Morgan fingerprint density at radius 2 is 1.95 bits per heavy atom. The molecule has 1 saturated carbocycles. The molecule has 0 saturated heterocycles. The number of rotatable bonds is 5. The number of hydrogen-bond donors (Lipinski definition) is 1. The molecule has 0 amide bonds. The molecule has 0 bridgehead atoms. The van der Waals surface area contributed by atoms with Crippen molar-refractivity contribution in [2.24, 2.45) is 11.7 Å². The first-order chi connectivity index (χ1) is 9.65. The highest BCUT2D eigenvalue weighted by Crippen LogP contribution is 2.37. The number of ether oxygens (including phenoxy) is 1. The van der Waals surface area contributed by atoms with E-state index in [1.165, 1.54) is 32.1 Å².